The average Bonchev–Trinajstić information content (AvgIpc) is 3.52. The number of anilines is 1. The van der Waals surface area contributed by atoms with E-state index in [0.29, 0.717) is 47.2 Å². The highest BCUT2D eigenvalue weighted by Crippen LogP contribution is 2.40. The zero-order chi connectivity index (χ0) is 29.1. The van der Waals surface area contributed by atoms with Crippen LogP contribution in [0.4, 0.5) is 19.4 Å². The third-order valence-electron chi connectivity index (χ3n) is 8.91. The van der Waals surface area contributed by atoms with E-state index in [2.05, 4.69) is 14.9 Å². The van der Waals surface area contributed by atoms with E-state index in [1.807, 2.05) is 11.9 Å². The number of benzene rings is 2. The zero-order valence-corrected chi connectivity index (χ0v) is 23.7. The molecular weight excluding hydrogens is 566 g/mol. The Balaban J connectivity index is 1.35. The van der Waals surface area contributed by atoms with Crippen LogP contribution in [0.5, 0.6) is 6.01 Å². The first-order valence-corrected chi connectivity index (χ1v) is 14.5. The van der Waals surface area contributed by atoms with Crippen molar-refractivity contribution in [1.82, 2.24) is 24.8 Å². The smallest absolute Gasteiger partial charge is 0.407 e. The number of piperazine rings is 1. The molecule has 3 saturated heterocycles. The number of pyridine rings is 1. The van der Waals surface area contributed by atoms with Gasteiger partial charge in [-0.05, 0) is 50.7 Å². The van der Waals surface area contributed by atoms with Gasteiger partial charge in [0.2, 0.25) is 0 Å². The van der Waals surface area contributed by atoms with Crippen LogP contribution in [-0.4, -0.2) is 87.4 Å². The molecule has 7 rings (SSSR count). The Hall–Kier alpha value is -3.83. The highest BCUT2D eigenvalue weighted by atomic mass is 35.5. The maximum Gasteiger partial charge on any atom is 0.407 e. The van der Waals surface area contributed by atoms with Gasteiger partial charge in [-0.1, -0.05) is 35.9 Å². The van der Waals surface area contributed by atoms with Crippen LogP contribution >= 0.6 is 11.6 Å². The Morgan fingerprint density at radius 3 is 2.62 bits per heavy atom. The third-order valence-corrected chi connectivity index (χ3v) is 9.28. The average molecular weight is 595 g/mol. The van der Waals surface area contributed by atoms with Crippen LogP contribution in [0, 0.1) is 11.6 Å². The van der Waals surface area contributed by atoms with Crippen LogP contribution in [0.25, 0.3) is 32.9 Å². The lowest BCUT2D eigenvalue weighted by Crippen LogP contribution is -2.55. The summed E-state index contributed by atoms with van der Waals surface area (Å²) in [4.78, 5) is 31.3. The summed E-state index contributed by atoms with van der Waals surface area (Å²) < 4.78 is 37.1. The number of rotatable bonds is 5. The molecule has 2 aromatic heterocycles. The molecule has 3 aliphatic rings. The molecule has 1 unspecified atom stereocenters. The van der Waals surface area contributed by atoms with E-state index >= 15 is 4.39 Å². The minimum atomic E-state index is -0.929. The molecule has 42 heavy (non-hydrogen) atoms. The van der Waals surface area contributed by atoms with Crippen molar-refractivity contribution in [1.29, 1.82) is 0 Å². The van der Waals surface area contributed by atoms with Gasteiger partial charge in [-0.25, -0.2) is 13.6 Å². The number of halogens is 3. The molecule has 3 aliphatic heterocycles. The van der Waals surface area contributed by atoms with Gasteiger partial charge in [0.25, 0.3) is 0 Å². The molecule has 0 radical (unpaired) electrons. The van der Waals surface area contributed by atoms with Crippen LogP contribution in [-0.2, 0) is 0 Å². The Morgan fingerprint density at radius 1 is 1.12 bits per heavy atom. The molecule has 12 heteroatoms. The van der Waals surface area contributed by atoms with E-state index in [1.165, 1.54) is 17.2 Å². The van der Waals surface area contributed by atoms with E-state index < -0.39 is 17.7 Å². The molecule has 1 amide bonds. The maximum absolute atomic E-state index is 16.5. The predicted molar refractivity (Wildman–Crippen MR) is 155 cm³/mol. The molecule has 2 bridgehead atoms. The molecule has 3 atom stereocenters. The second-order valence-electron chi connectivity index (χ2n) is 11.3. The topological polar surface area (TPSA) is 94.9 Å². The molecule has 218 valence electrons. The molecular formula is C30H29ClF2N6O3. The zero-order valence-electron chi connectivity index (χ0n) is 22.9. The number of nitrogens with zero attached hydrogens (tertiary/aromatic N) is 6. The first kappa shape index (κ1) is 27.0. The summed E-state index contributed by atoms with van der Waals surface area (Å²) in [5.41, 5.74) is 0.361. The SMILES string of the molecule is CN1CCCC1COc1nc(N2C[C@H]3CC[C@@H](C2)N3C(=O)O)c2cnc(-c3cccc4ccc(F)c(Cl)c34)c(F)c2n1. The molecule has 0 saturated carbocycles. The molecule has 4 aromatic rings. The van der Waals surface area contributed by atoms with Crippen LogP contribution in [0.3, 0.4) is 0 Å². The molecule has 3 fully saturated rings. The first-order chi connectivity index (χ1) is 20.3. The van der Waals surface area contributed by atoms with Crippen molar-refractivity contribution in [3.63, 3.8) is 0 Å². The first-order valence-electron chi connectivity index (χ1n) is 14.1. The van der Waals surface area contributed by atoms with Gasteiger partial charge in [-0.2, -0.15) is 9.97 Å². The number of likely N-dealkylation sites (N-methyl/N-ethyl adjacent to an activating group) is 1. The number of aromatic nitrogens is 3. The van der Waals surface area contributed by atoms with E-state index in [4.69, 9.17) is 21.3 Å². The number of fused-ring (bicyclic) bond motifs is 4. The summed E-state index contributed by atoms with van der Waals surface area (Å²) in [7, 11) is 2.04. The minimum absolute atomic E-state index is 0.0116. The lowest BCUT2D eigenvalue weighted by Gasteiger charge is -2.40. The van der Waals surface area contributed by atoms with E-state index in [-0.39, 0.29) is 40.4 Å². The predicted octanol–water partition coefficient (Wildman–Crippen LogP) is 5.58. The molecule has 0 aliphatic carbocycles. The minimum Gasteiger partial charge on any atom is -0.465 e. The number of hydrogen-bond acceptors (Lipinski definition) is 7. The second-order valence-corrected chi connectivity index (χ2v) is 11.7. The van der Waals surface area contributed by atoms with Crippen molar-refractivity contribution in [3.8, 4) is 17.3 Å². The summed E-state index contributed by atoms with van der Waals surface area (Å²) in [6.07, 6.45) is 4.16. The van der Waals surface area contributed by atoms with Crippen molar-refractivity contribution >= 4 is 45.2 Å². The number of carboxylic acid groups (broad SMARTS) is 1. The third kappa shape index (κ3) is 4.46. The van der Waals surface area contributed by atoms with Gasteiger partial charge in [0.1, 0.15) is 29.5 Å². The highest BCUT2D eigenvalue weighted by Gasteiger charge is 2.43. The largest absolute Gasteiger partial charge is 0.465 e. The fourth-order valence-corrected chi connectivity index (χ4v) is 7.04. The number of ether oxygens (including phenoxy) is 1. The van der Waals surface area contributed by atoms with Crippen molar-refractivity contribution < 1.29 is 23.4 Å². The summed E-state index contributed by atoms with van der Waals surface area (Å²) >= 11 is 6.36. The van der Waals surface area contributed by atoms with E-state index in [9.17, 15) is 14.3 Å². The van der Waals surface area contributed by atoms with Gasteiger partial charge in [-0.15, -0.1) is 0 Å². The molecule has 2 aromatic carbocycles. The summed E-state index contributed by atoms with van der Waals surface area (Å²) in [5, 5.41) is 11.0. The van der Waals surface area contributed by atoms with Crippen molar-refractivity contribution in [2.45, 2.75) is 43.8 Å². The van der Waals surface area contributed by atoms with Gasteiger partial charge in [0.15, 0.2) is 5.82 Å². The quantitative estimate of drug-likeness (QED) is 0.320. The van der Waals surface area contributed by atoms with Crippen molar-refractivity contribution in [2.24, 2.45) is 0 Å². The van der Waals surface area contributed by atoms with Gasteiger partial charge < -0.3 is 19.6 Å². The van der Waals surface area contributed by atoms with E-state index in [0.717, 1.165) is 32.2 Å². The summed E-state index contributed by atoms with van der Waals surface area (Å²) in [5.74, 6) is -0.847. The van der Waals surface area contributed by atoms with Crippen LogP contribution in [0.15, 0.2) is 36.5 Å². The van der Waals surface area contributed by atoms with Crippen LogP contribution in [0.1, 0.15) is 25.7 Å². The van der Waals surface area contributed by atoms with Crippen LogP contribution in [0.2, 0.25) is 5.02 Å². The van der Waals surface area contributed by atoms with Crippen molar-refractivity contribution in [3.05, 3.63) is 53.2 Å². The normalized spacial score (nSPS) is 22.4. The molecule has 9 nitrogen and oxygen atoms in total. The molecule has 1 N–H and O–H groups in total. The van der Waals surface area contributed by atoms with Gasteiger partial charge in [0, 0.05) is 36.3 Å². The Labute approximate surface area is 245 Å². The van der Waals surface area contributed by atoms with Gasteiger partial charge in [-0.3, -0.25) is 9.88 Å². The Morgan fingerprint density at radius 2 is 1.90 bits per heavy atom. The molecule has 0 spiro atoms. The lowest BCUT2D eigenvalue weighted by atomic mass is 10.0. The fraction of sp³-hybridized carbons (Fsp3) is 0.400. The number of hydrogen-bond donors (Lipinski definition) is 1. The summed E-state index contributed by atoms with van der Waals surface area (Å²) in [6.45, 7) is 2.17. The fourth-order valence-electron chi connectivity index (χ4n) is 6.77. The number of amides is 1. The highest BCUT2D eigenvalue weighted by molar-refractivity contribution is 6.36. The van der Waals surface area contributed by atoms with Crippen molar-refractivity contribution in [2.75, 3.05) is 38.2 Å². The Kier molecular flexibility index (Phi) is 6.73. The Bertz CT molecular complexity index is 1710. The van der Waals surface area contributed by atoms with E-state index in [1.54, 1.807) is 24.3 Å². The summed E-state index contributed by atoms with van der Waals surface area (Å²) in [6, 6.07) is 7.92. The van der Waals surface area contributed by atoms with Gasteiger partial charge >= 0.3 is 12.1 Å². The lowest BCUT2D eigenvalue weighted by molar-refractivity contribution is 0.114. The maximum atomic E-state index is 16.5. The molecule has 5 heterocycles. The van der Waals surface area contributed by atoms with Crippen LogP contribution < -0.4 is 9.64 Å². The number of likely N-dealkylation sites (tertiary alicyclic amines) is 1. The standard InChI is InChI=1S/C30H29ClF2N6O3/c1-37-11-3-5-19(37)15-42-29-35-27-21(28(36-29)38-13-17-8-9-18(14-38)39(17)30(40)41)12-34-26(25(27)33)20-6-2-4-16-7-10-22(32)24(31)23(16)20/h2,4,6-7,10,12,17-19H,3,5,8-9,11,13-15H2,1H3,(H,40,41)/t17-,18+,19?. The monoisotopic (exact) mass is 594 g/mol. The number of carbonyl (C=O) groups is 1. The second kappa shape index (κ2) is 10.5. The van der Waals surface area contributed by atoms with Gasteiger partial charge in [0.05, 0.1) is 22.5 Å².